The van der Waals surface area contributed by atoms with Gasteiger partial charge in [0.15, 0.2) is 0 Å². The smallest absolute Gasteiger partial charge is 0.314 e. The molecule has 12 heavy (non-hydrogen) atoms. The summed E-state index contributed by atoms with van der Waals surface area (Å²) in [6, 6.07) is -0.00532. The highest BCUT2D eigenvalue weighted by Gasteiger charge is 2.21. The van der Waals surface area contributed by atoms with E-state index in [0.717, 1.165) is 12.8 Å². The summed E-state index contributed by atoms with van der Waals surface area (Å²) in [5, 5.41) is 5.25. The first kappa shape index (κ1) is 9.29. The van der Waals surface area contributed by atoms with Gasteiger partial charge in [0.25, 0.3) is 0 Å². The second kappa shape index (κ2) is 4.28. The molecule has 0 aliphatic heterocycles. The van der Waals surface area contributed by atoms with Crippen LogP contribution in [0.3, 0.4) is 0 Å². The molecule has 1 saturated carbocycles. The maximum absolute atomic E-state index is 12.6. The van der Waals surface area contributed by atoms with Crippen molar-refractivity contribution in [2.75, 3.05) is 7.05 Å². The Morgan fingerprint density at radius 2 is 1.92 bits per heavy atom. The van der Waals surface area contributed by atoms with Crippen LogP contribution in [0.1, 0.15) is 25.7 Å². The molecule has 0 atom stereocenters. The van der Waals surface area contributed by atoms with Crippen molar-refractivity contribution in [2.24, 2.45) is 0 Å². The third kappa shape index (κ3) is 2.68. The minimum atomic E-state index is -0.660. The van der Waals surface area contributed by atoms with Crippen LogP contribution in [0.15, 0.2) is 0 Å². The monoisotopic (exact) mass is 174 g/mol. The maximum Gasteiger partial charge on any atom is 0.314 e. The van der Waals surface area contributed by atoms with Crippen molar-refractivity contribution in [1.82, 2.24) is 10.6 Å². The van der Waals surface area contributed by atoms with Crippen LogP contribution in [-0.2, 0) is 0 Å². The van der Waals surface area contributed by atoms with Gasteiger partial charge < -0.3 is 10.6 Å². The quantitative estimate of drug-likeness (QED) is 0.616. The lowest BCUT2D eigenvalue weighted by Gasteiger charge is -2.24. The van der Waals surface area contributed by atoms with Crippen molar-refractivity contribution in [2.45, 2.75) is 37.9 Å². The predicted molar refractivity (Wildman–Crippen MR) is 44.7 cm³/mol. The summed E-state index contributed by atoms with van der Waals surface area (Å²) in [5.41, 5.74) is 0. The van der Waals surface area contributed by atoms with Crippen molar-refractivity contribution in [3.05, 3.63) is 0 Å². The molecule has 4 heteroatoms. The summed E-state index contributed by atoms with van der Waals surface area (Å²) in [6.07, 6.45) is 2.01. The zero-order chi connectivity index (χ0) is 8.97. The molecule has 1 aliphatic rings. The molecule has 0 unspecified atom stereocenters. The van der Waals surface area contributed by atoms with Gasteiger partial charge in [-0.3, -0.25) is 0 Å². The Hall–Kier alpha value is -0.800. The van der Waals surface area contributed by atoms with Crippen LogP contribution in [0.5, 0.6) is 0 Å². The number of rotatable bonds is 1. The number of hydrogen-bond acceptors (Lipinski definition) is 1. The van der Waals surface area contributed by atoms with E-state index in [2.05, 4.69) is 10.6 Å². The topological polar surface area (TPSA) is 41.1 Å². The Labute approximate surface area is 71.7 Å². The summed E-state index contributed by atoms with van der Waals surface area (Å²) in [6.45, 7) is 0. The van der Waals surface area contributed by atoms with Crippen LogP contribution in [0, 0.1) is 0 Å². The van der Waals surface area contributed by atoms with Crippen molar-refractivity contribution >= 4 is 6.03 Å². The van der Waals surface area contributed by atoms with Crippen molar-refractivity contribution in [3.63, 3.8) is 0 Å². The summed E-state index contributed by atoms with van der Waals surface area (Å²) in [7, 11) is 1.58. The Kier molecular flexibility index (Phi) is 3.31. The van der Waals surface area contributed by atoms with Gasteiger partial charge in [0.05, 0.1) is 0 Å². The zero-order valence-corrected chi connectivity index (χ0v) is 7.27. The molecule has 0 bridgehead atoms. The van der Waals surface area contributed by atoms with Crippen LogP contribution < -0.4 is 10.6 Å². The summed E-state index contributed by atoms with van der Waals surface area (Å²) < 4.78 is 12.6. The predicted octanol–water partition coefficient (Wildman–Crippen LogP) is 1.20. The summed E-state index contributed by atoms with van der Waals surface area (Å²) in [5.74, 6) is 0. The number of carbonyl (C=O) groups is 1. The van der Waals surface area contributed by atoms with E-state index in [1.54, 1.807) is 7.05 Å². The molecule has 0 aromatic rings. The number of hydrogen-bond donors (Lipinski definition) is 2. The van der Waals surface area contributed by atoms with Gasteiger partial charge in [-0.1, -0.05) is 0 Å². The summed E-state index contributed by atoms with van der Waals surface area (Å²) in [4.78, 5) is 10.8. The van der Waals surface area contributed by atoms with E-state index in [1.165, 1.54) is 0 Å². The van der Waals surface area contributed by atoms with Crippen LogP contribution >= 0.6 is 0 Å². The maximum atomic E-state index is 12.6. The number of amides is 2. The van der Waals surface area contributed by atoms with Crippen molar-refractivity contribution in [1.29, 1.82) is 0 Å². The lowest BCUT2D eigenvalue weighted by atomic mass is 9.94. The normalized spacial score (nSPS) is 29.5. The third-order valence-electron chi connectivity index (χ3n) is 2.22. The first-order chi connectivity index (χ1) is 5.72. The minimum Gasteiger partial charge on any atom is -0.341 e. The molecule has 70 valence electrons. The van der Waals surface area contributed by atoms with Gasteiger partial charge in [0, 0.05) is 13.1 Å². The second-order valence-corrected chi connectivity index (χ2v) is 3.17. The van der Waals surface area contributed by atoms with Gasteiger partial charge in [-0.05, 0) is 25.7 Å². The molecular weight excluding hydrogens is 159 g/mol. The molecule has 0 aromatic carbocycles. The average molecular weight is 174 g/mol. The highest BCUT2D eigenvalue weighted by molar-refractivity contribution is 5.73. The molecule has 1 fully saturated rings. The molecule has 0 saturated heterocycles. The Balaban J connectivity index is 2.21. The molecule has 2 N–H and O–H groups in total. The van der Waals surface area contributed by atoms with Crippen LogP contribution in [-0.4, -0.2) is 25.3 Å². The molecular formula is C8H15FN2O. The van der Waals surface area contributed by atoms with E-state index >= 15 is 0 Å². The van der Waals surface area contributed by atoms with E-state index in [1.807, 2.05) is 0 Å². The number of alkyl halides is 1. The van der Waals surface area contributed by atoms with Gasteiger partial charge in [-0.2, -0.15) is 0 Å². The van der Waals surface area contributed by atoms with Crippen LogP contribution in [0.25, 0.3) is 0 Å². The molecule has 2 amide bonds. The first-order valence-corrected chi connectivity index (χ1v) is 4.34. The minimum absolute atomic E-state index is 0.164. The fraction of sp³-hybridized carbons (Fsp3) is 0.875. The van der Waals surface area contributed by atoms with Gasteiger partial charge in [0.1, 0.15) is 6.17 Å². The van der Waals surface area contributed by atoms with Crippen molar-refractivity contribution < 1.29 is 9.18 Å². The molecule has 1 aliphatic carbocycles. The highest BCUT2D eigenvalue weighted by Crippen LogP contribution is 2.20. The van der Waals surface area contributed by atoms with Crippen LogP contribution in [0.2, 0.25) is 0 Å². The van der Waals surface area contributed by atoms with Gasteiger partial charge in [-0.25, -0.2) is 9.18 Å². The fourth-order valence-corrected chi connectivity index (χ4v) is 1.45. The number of carbonyl (C=O) groups excluding carboxylic acids is 1. The second-order valence-electron chi connectivity index (χ2n) is 3.17. The van der Waals surface area contributed by atoms with Gasteiger partial charge in [-0.15, -0.1) is 0 Å². The highest BCUT2D eigenvalue weighted by atomic mass is 19.1. The molecule has 0 spiro atoms. The lowest BCUT2D eigenvalue weighted by Crippen LogP contribution is -2.42. The average Bonchev–Trinajstić information content (AvgIpc) is 2.09. The number of halogens is 1. The first-order valence-electron chi connectivity index (χ1n) is 4.34. The van der Waals surface area contributed by atoms with Crippen molar-refractivity contribution in [3.8, 4) is 0 Å². The fourth-order valence-electron chi connectivity index (χ4n) is 1.45. The summed E-state index contributed by atoms with van der Waals surface area (Å²) >= 11 is 0. The largest absolute Gasteiger partial charge is 0.341 e. The number of nitrogens with one attached hydrogen (secondary N) is 2. The molecule has 0 aromatic heterocycles. The van der Waals surface area contributed by atoms with E-state index < -0.39 is 6.17 Å². The molecule has 0 radical (unpaired) electrons. The van der Waals surface area contributed by atoms with E-state index in [0.29, 0.717) is 12.8 Å². The van der Waals surface area contributed by atoms with Gasteiger partial charge in [0.2, 0.25) is 0 Å². The lowest BCUT2D eigenvalue weighted by molar-refractivity contribution is 0.208. The molecule has 3 nitrogen and oxygen atoms in total. The van der Waals surface area contributed by atoms with E-state index in [9.17, 15) is 9.18 Å². The molecule has 0 heterocycles. The standard InChI is InChI=1S/C8H15FN2O/c1-10-8(12)11-7-4-2-6(9)3-5-7/h6-7H,2-5H2,1H3,(H2,10,11,12). The Morgan fingerprint density at radius 3 is 2.42 bits per heavy atom. The van der Waals surface area contributed by atoms with Gasteiger partial charge >= 0.3 is 6.03 Å². The molecule has 1 rings (SSSR count). The Bertz CT molecular complexity index is 155. The van der Waals surface area contributed by atoms with Crippen LogP contribution in [0.4, 0.5) is 9.18 Å². The third-order valence-corrected chi connectivity index (χ3v) is 2.22. The number of urea groups is 1. The SMILES string of the molecule is CNC(=O)NC1CCC(F)CC1. The van der Waals surface area contributed by atoms with E-state index in [-0.39, 0.29) is 12.1 Å². The Morgan fingerprint density at radius 1 is 1.33 bits per heavy atom. The van der Waals surface area contributed by atoms with E-state index in [4.69, 9.17) is 0 Å². The zero-order valence-electron chi connectivity index (χ0n) is 7.27.